The number of nitrogens with one attached hydrogen (secondary N) is 4. The second-order valence-electron chi connectivity index (χ2n) is 10.1. The largest absolute Gasteiger partial charge is 0.444 e. The molecule has 4 N–H and O–H groups in total. The average Bonchev–Trinajstić information content (AvgIpc) is 2.75. The molecule has 0 spiro atoms. The zero-order valence-electron chi connectivity index (χ0n) is 22.7. The van der Waals surface area contributed by atoms with Crippen molar-refractivity contribution in [1.82, 2.24) is 21.3 Å². The molecule has 0 saturated carbocycles. The first-order valence-electron chi connectivity index (χ1n) is 13.4. The van der Waals surface area contributed by atoms with E-state index in [1.54, 1.807) is 20.8 Å². The van der Waals surface area contributed by atoms with Gasteiger partial charge in [-0.15, -0.1) is 0 Å². The van der Waals surface area contributed by atoms with Gasteiger partial charge >= 0.3 is 6.09 Å². The Balaban J connectivity index is 4.02. The minimum Gasteiger partial charge on any atom is -0.444 e. The lowest BCUT2D eigenvalue weighted by molar-refractivity contribution is -0.125. The highest BCUT2D eigenvalue weighted by Crippen LogP contribution is 2.10. The van der Waals surface area contributed by atoms with Crippen LogP contribution in [0.25, 0.3) is 0 Å². The predicted molar refractivity (Wildman–Crippen MR) is 139 cm³/mol. The molecule has 8 heteroatoms. The van der Waals surface area contributed by atoms with Crippen LogP contribution in [0.3, 0.4) is 0 Å². The minimum absolute atomic E-state index is 0.0822. The van der Waals surface area contributed by atoms with Gasteiger partial charge in [-0.1, -0.05) is 59.3 Å². The molecule has 2 atom stereocenters. The quantitative estimate of drug-likeness (QED) is 0.205. The monoisotopic (exact) mass is 484 g/mol. The van der Waals surface area contributed by atoms with Crippen LogP contribution in [0.2, 0.25) is 0 Å². The van der Waals surface area contributed by atoms with Crippen molar-refractivity contribution >= 4 is 17.9 Å². The van der Waals surface area contributed by atoms with Crippen molar-refractivity contribution in [3.05, 3.63) is 0 Å². The predicted octanol–water partition coefficient (Wildman–Crippen LogP) is 4.28. The first-order chi connectivity index (χ1) is 16.1. The summed E-state index contributed by atoms with van der Waals surface area (Å²) < 4.78 is 5.30. The summed E-state index contributed by atoms with van der Waals surface area (Å²) in [6, 6.07) is -0.581. The number of carbonyl (C=O) groups is 3. The zero-order chi connectivity index (χ0) is 25.8. The lowest BCUT2D eigenvalue weighted by Crippen LogP contribution is -2.48. The third-order valence-electron chi connectivity index (χ3n) is 5.45. The van der Waals surface area contributed by atoms with E-state index in [0.717, 1.165) is 58.0 Å². The summed E-state index contributed by atoms with van der Waals surface area (Å²) in [5, 5.41) is 12.0. The summed E-state index contributed by atoms with van der Waals surface area (Å²) in [6.45, 7) is 14.5. The highest BCUT2D eigenvalue weighted by atomic mass is 16.6. The molecule has 8 nitrogen and oxygen atoms in total. The number of alkyl carbamates (subject to hydrolysis) is 1. The summed E-state index contributed by atoms with van der Waals surface area (Å²) in [7, 11) is 0. The summed E-state index contributed by atoms with van der Waals surface area (Å²) in [6.07, 6.45) is 9.06. The SMILES string of the molecule is CCCCC[C@H](NC(=O)OC(C)(C)C)C(=O)NCCCNCCCNC(=O)[C@@H](C)CCCCC. The summed E-state index contributed by atoms with van der Waals surface area (Å²) in [5.74, 6) is 0.0590. The maximum absolute atomic E-state index is 12.6. The van der Waals surface area contributed by atoms with Gasteiger partial charge in [0, 0.05) is 19.0 Å². The van der Waals surface area contributed by atoms with Crippen LogP contribution >= 0.6 is 0 Å². The maximum Gasteiger partial charge on any atom is 0.408 e. The Labute approximate surface area is 208 Å². The molecular weight excluding hydrogens is 432 g/mol. The standard InChI is InChI=1S/C26H52N4O4/c1-7-9-11-15-21(3)23(31)28-19-13-17-27-18-14-20-29-24(32)22(16-12-10-8-2)30-25(33)34-26(4,5)6/h21-22,27H,7-20H2,1-6H3,(H,28,31)(H,29,32)(H,30,33)/t21-,22-/m0/s1. The highest BCUT2D eigenvalue weighted by molar-refractivity contribution is 5.85. The van der Waals surface area contributed by atoms with Crippen LogP contribution in [-0.4, -0.2) is 55.7 Å². The molecular formula is C26H52N4O4. The molecule has 0 saturated heterocycles. The molecule has 3 amide bonds. The van der Waals surface area contributed by atoms with E-state index in [9.17, 15) is 14.4 Å². The molecule has 0 aromatic carbocycles. The molecule has 0 fully saturated rings. The van der Waals surface area contributed by atoms with Crippen LogP contribution < -0.4 is 21.3 Å². The van der Waals surface area contributed by atoms with Crippen molar-refractivity contribution in [1.29, 1.82) is 0 Å². The molecule has 200 valence electrons. The smallest absolute Gasteiger partial charge is 0.408 e. The van der Waals surface area contributed by atoms with Gasteiger partial charge < -0.3 is 26.0 Å². The Morgan fingerprint density at radius 3 is 1.79 bits per heavy atom. The number of rotatable bonds is 19. The normalized spacial score (nSPS) is 13.1. The van der Waals surface area contributed by atoms with Crippen molar-refractivity contribution in [3.8, 4) is 0 Å². The average molecular weight is 485 g/mol. The van der Waals surface area contributed by atoms with Crippen LogP contribution in [0.15, 0.2) is 0 Å². The fourth-order valence-corrected chi connectivity index (χ4v) is 3.42. The Morgan fingerprint density at radius 2 is 1.26 bits per heavy atom. The molecule has 0 aromatic heterocycles. The van der Waals surface area contributed by atoms with Gasteiger partial charge in [0.05, 0.1) is 0 Å². The molecule has 0 aliphatic heterocycles. The number of amides is 3. The number of hydrogen-bond acceptors (Lipinski definition) is 5. The second-order valence-corrected chi connectivity index (χ2v) is 10.1. The van der Waals surface area contributed by atoms with Crippen LogP contribution in [-0.2, 0) is 14.3 Å². The van der Waals surface area contributed by atoms with Gasteiger partial charge in [-0.2, -0.15) is 0 Å². The summed E-state index contributed by atoms with van der Waals surface area (Å²) in [5.41, 5.74) is -0.601. The Morgan fingerprint density at radius 1 is 0.735 bits per heavy atom. The van der Waals surface area contributed by atoms with Gasteiger partial charge in [0.1, 0.15) is 11.6 Å². The van der Waals surface area contributed by atoms with Gasteiger partial charge in [-0.05, 0) is 59.5 Å². The van der Waals surface area contributed by atoms with Gasteiger partial charge in [0.2, 0.25) is 11.8 Å². The molecule has 0 bridgehead atoms. The highest BCUT2D eigenvalue weighted by Gasteiger charge is 2.23. The number of unbranched alkanes of at least 4 members (excludes halogenated alkanes) is 4. The van der Waals surface area contributed by atoms with E-state index in [1.807, 2.05) is 6.92 Å². The first kappa shape index (κ1) is 32.2. The molecule has 0 rings (SSSR count). The third kappa shape index (κ3) is 18.6. The van der Waals surface area contributed by atoms with E-state index in [1.165, 1.54) is 12.8 Å². The van der Waals surface area contributed by atoms with Gasteiger partial charge in [-0.3, -0.25) is 9.59 Å². The first-order valence-corrected chi connectivity index (χ1v) is 13.4. The second kappa shape index (κ2) is 19.5. The van der Waals surface area contributed by atoms with Crippen LogP contribution in [0.4, 0.5) is 4.79 Å². The lowest BCUT2D eigenvalue weighted by atomic mass is 10.0. The maximum atomic E-state index is 12.6. The Hall–Kier alpha value is -1.83. The van der Waals surface area contributed by atoms with Crippen LogP contribution in [0.1, 0.15) is 106 Å². The minimum atomic E-state index is -0.601. The van der Waals surface area contributed by atoms with Crippen molar-refractivity contribution in [3.63, 3.8) is 0 Å². The lowest BCUT2D eigenvalue weighted by Gasteiger charge is -2.23. The fourth-order valence-electron chi connectivity index (χ4n) is 3.42. The molecule has 0 radical (unpaired) electrons. The van der Waals surface area contributed by atoms with Crippen molar-refractivity contribution in [2.45, 2.75) is 117 Å². The molecule has 0 heterocycles. The van der Waals surface area contributed by atoms with E-state index in [4.69, 9.17) is 4.74 Å². The van der Waals surface area contributed by atoms with Gasteiger partial charge in [0.25, 0.3) is 0 Å². The Kier molecular flexibility index (Phi) is 18.4. The zero-order valence-corrected chi connectivity index (χ0v) is 22.7. The molecule has 0 aliphatic carbocycles. The van der Waals surface area contributed by atoms with E-state index in [-0.39, 0.29) is 17.7 Å². The number of carbonyl (C=O) groups excluding carboxylic acids is 3. The van der Waals surface area contributed by atoms with Gasteiger partial charge in [0.15, 0.2) is 0 Å². The van der Waals surface area contributed by atoms with Gasteiger partial charge in [-0.25, -0.2) is 4.79 Å². The molecule has 0 unspecified atom stereocenters. The number of ether oxygens (including phenoxy) is 1. The summed E-state index contributed by atoms with van der Waals surface area (Å²) >= 11 is 0. The van der Waals surface area contributed by atoms with Crippen LogP contribution in [0, 0.1) is 5.92 Å². The molecule has 0 aromatic rings. The van der Waals surface area contributed by atoms with E-state index in [0.29, 0.717) is 19.5 Å². The van der Waals surface area contributed by atoms with E-state index >= 15 is 0 Å². The fraction of sp³-hybridized carbons (Fsp3) is 0.885. The molecule has 34 heavy (non-hydrogen) atoms. The molecule has 0 aliphatic rings. The number of hydrogen-bond donors (Lipinski definition) is 4. The van der Waals surface area contributed by atoms with Crippen LogP contribution in [0.5, 0.6) is 0 Å². The van der Waals surface area contributed by atoms with Crippen molar-refractivity contribution in [2.24, 2.45) is 5.92 Å². The van der Waals surface area contributed by atoms with E-state index < -0.39 is 17.7 Å². The topological polar surface area (TPSA) is 109 Å². The van der Waals surface area contributed by atoms with Crippen molar-refractivity contribution < 1.29 is 19.1 Å². The van der Waals surface area contributed by atoms with Crippen molar-refractivity contribution in [2.75, 3.05) is 26.2 Å². The third-order valence-corrected chi connectivity index (χ3v) is 5.45. The Bertz CT molecular complexity index is 563. The summed E-state index contributed by atoms with van der Waals surface area (Å²) in [4.78, 5) is 36.7. The van der Waals surface area contributed by atoms with E-state index in [2.05, 4.69) is 35.1 Å².